The largest absolute Gasteiger partial charge is 0.306 e. The van der Waals surface area contributed by atoms with E-state index in [1.165, 1.54) is 0 Å². The van der Waals surface area contributed by atoms with E-state index >= 15 is 0 Å². The number of aryl methyl sites for hydroxylation is 1. The molecule has 0 aliphatic carbocycles. The summed E-state index contributed by atoms with van der Waals surface area (Å²) < 4.78 is 1.57. The third kappa shape index (κ3) is 2.85. The van der Waals surface area contributed by atoms with Crippen molar-refractivity contribution in [1.29, 1.82) is 0 Å². The molecule has 8 nitrogen and oxygen atoms in total. The van der Waals surface area contributed by atoms with Crippen molar-refractivity contribution >= 4 is 23.3 Å². The van der Waals surface area contributed by atoms with Crippen molar-refractivity contribution in [2.45, 2.75) is 12.8 Å². The number of aromatic nitrogens is 3. The number of hydrogen-bond donors (Lipinski definition) is 2. The number of carbonyl (C=O) groups is 2. The first-order valence-corrected chi connectivity index (χ1v) is 6.74. The Balaban J connectivity index is 1.77. The Morgan fingerprint density at radius 2 is 2.27 bits per heavy atom. The summed E-state index contributed by atoms with van der Waals surface area (Å²) in [7, 11) is 1.74. The van der Waals surface area contributed by atoms with Crippen LogP contribution in [0.2, 0.25) is 0 Å². The van der Waals surface area contributed by atoms with Gasteiger partial charge in [-0.05, 0) is 12.1 Å². The highest BCUT2D eigenvalue weighted by molar-refractivity contribution is 6.43. The van der Waals surface area contributed by atoms with Crippen LogP contribution in [0.3, 0.4) is 0 Å². The molecule has 0 radical (unpaired) electrons. The van der Waals surface area contributed by atoms with Gasteiger partial charge in [-0.3, -0.25) is 19.3 Å². The molecular weight excluding hydrogens is 284 g/mol. The minimum absolute atomic E-state index is 0.184. The zero-order chi connectivity index (χ0) is 15.5. The molecule has 1 aliphatic rings. The van der Waals surface area contributed by atoms with Gasteiger partial charge in [0, 0.05) is 43.9 Å². The molecular formula is C14H14N6O2. The van der Waals surface area contributed by atoms with Gasteiger partial charge >= 0.3 is 0 Å². The Bertz CT molecular complexity index is 750. The predicted molar refractivity (Wildman–Crippen MR) is 79.9 cm³/mol. The van der Waals surface area contributed by atoms with Crippen LogP contribution in [0.1, 0.15) is 12.8 Å². The Kier molecular flexibility index (Phi) is 3.65. The summed E-state index contributed by atoms with van der Waals surface area (Å²) in [6.45, 7) is 0. The lowest BCUT2D eigenvalue weighted by molar-refractivity contribution is -0.121. The highest BCUT2D eigenvalue weighted by Gasteiger charge is 2.19. The van der Waals surface area contributed by atoms with Crippen LogP contribution in [0, 0.1) is 0 Å². The number of amides is 2. The third-order valence-electron chi connectivity index (χ3n) is 3.25. The summed E-state index contributed by atoms with van der Waals surface area (Å²) in [5.41, 5.74) is 4.17. The maximum atomic E-state index is 12.1. The molecule has 2 aromatic rings. The van der Waals surface area contributed by atoms with E-state index in [0.29, 0.717) is 23.6 Å². The Morgan fingerprint density at radius 3 is 2.95 bits per heavy atom. The van der Waals surface area contributed by atoms with Crippen molar-refractivity contribution in [2.75, 3.05) is 5.32 Å². The van der Waals surface area contributed by atoms with E-state index in [2.05, 4.69) is 25.9 Å². The lowest BCUT2D eigenvalue weighted by atomic mass is 10.1. The number of nitrogens with zero attached hydrogens (tertiary/aromatic N) is 4. The Labute approximate surface area is 126 Å². The standard InChI is InChI=1S/C14H14N6O2/c1-20-12(7-11(19-20)9-3-2-6-15-8-9)16-14(22)10-4-5-13(21)18-17-10/h2-3,6-8H,4-5H2,1H3,(H,16,22)(H,18,21). The Morgan fingerprint density at radius 1 is 1.41 bits per heavy atom. The molecule has 0 saturated carbocycles. The van der Waals surface area contributed by atoms with Gasteiger partial charge < -0.3 is 5.32 Å². The average molecular weight is 298 g/mol. The van der Waals surface area contributed by atoms with Gasteiger partial charge in [-0.15, -0.1) is 0 Å². The van der Waals surface area contributed by atoms with Crippen LogP contribution in [-0.2, 0) is 16.6 Å². The second kappa shape index (κ2) is 5.76. The van der Waals surface area contributed by atoms with Crippen molar-refractivity contribution in [1.82, 2.24) is 20.2 Å². The summed E-state index contributed by atoms with van der Waals surface area (Å²) in [4.78, 5) is 27.2. The molecule has 8 heteroatoms. The molecule has 2 N–H and O–H groups in total. The van der Waals surface area contributed by atoms with Crippen molar-refractivity contribution < 1.29 is 9.59 Å². The molecule has 0 aromatic carbocycles. The number of rotatable bonds is 3. The first-order chi connectivity index (χ1) is 10.6. The maximum absolute atomic E-state index is 12.1. The fourth-order valence-electron chi connectivity index (χ4n) is 2.07. The minimum Gasteiger partial charge on any atom is -0.306 e. The number of carbonyl (C=O) groups excluding carboxylic acids is 2. The molecule has 2 amide bonds. The predicted octanol–water partition coefficient (Wildman–Crippen LogP) is 0.687. The van der Waals surface area contributed by atoms with Gasteiger partial charge in [-0.25, -0.2) is 5.43 Å². The topological polar surface area (TPSA) is 101 Å². The van der Waals surface area contributed by atoms with Crippen LogP contribution < -0.4 is 10.7 Å². The normalized spacial score (nSPS) is 14.2. The second-order valence-corrected chi connectivity index (χ2v) is 4.83. The molecule has 1 aliphatic heterocycles. The Hall–Kier alpha value is -3.03. The van der Waals surface area contributed by atoms with Gasteiger partial charge in [0.25, 0.3) is 5.91 Å². The van der Waals surface area contributed by atoms with E-state index in [1.54, 1.807) is 30.2 Å². The van der Waals surface area contributed by atoms with Crippen LogP contribution >= 0.6 is 0 Å². The molecule has 3 rings (SSSR count). The van der Waals surface area contributed by atoms with Crippen molar-refractivity contribution in [3.8, 4) is 11.3 Å². The monoisotopic (exact) mass is 298 g/mol. The molecule has 2 aromatic heterocycles. The fourth-order valence-corrected chi connectivity index (χ4v) is 2.07. The molecule has 3 heterocycles. The van der Waals surface area contributed by atoms with Gasteiger partial charge in [-0.2, -0.15) is 10.2 Å². The smallest absolute Gasteiger partial charge is 0.273 e. The first-order valence-electron chi connectivity index (χ1n) is 6.74. The van der Waals surface area contributed by atoms with Crippen LogP contribution in [0.5, 0.6) is 0 Å². The van der Waals surface area contributed by atoms with Crippen molar-refractivity contribution in [3.63, 3.8) is 0 Å². The van der Waals surface area contributed by atoms with Gasteiger partial charge in [-0.1, -0.05) is 0 Å². The quantitative estimate of drug-likeness (QED) is 0.870. The fraction of sp³-hybridized carbons (Fsp3) is 0.214. The number of hydrogen-bond acceptors (Lipinski definition) is 5. The van der Waals surface area contributed by atoms with E-state index in [9.17, 15) is 9.59 Å². The molecule has 112 valence electrons. The van der Waals surface area contributed by atoms with Crippen molar-refractivity contribution in [3.05, 3.63) is 30.6 Å². The summed E-state index contributed by atoms with van der Waals surface area (Å²) in [5, 5.41) is 10.9. The van der Waals surface area contributed by atoms with Crippen LogP contribution in [-0.4, -0.2) is 32.3 Å². The summed E-state index contributed by atoms with van der Waals surface area (Å²) >= 11 is 0. The molecule has 0 saturated heterocycles. The SMILES string of the molecule is Cn1nc(-c2cccnc2)cc1NC(=O)C1=NNC(=O)CC1. The number of pyridine rings is 1. The van der Waals surface area contributed by atoms with Crippen LogP contribution in [0.15, 0.2) is 35.7 Å². The summed E-state index contributed by atoms with van der Waals surface area (Å²) in [6, 6.07) is 5.47. The first kappa shape index (κ1) is 13.9. The maximum Gasteiger partial charge on any atom is 0.273 e. The molecule has 0 bridgehead atoms. The van der Waals surface area contributed by atoms with Gasteiger partial charge in [0.2, 0.25) is 5.91 Å². The molecule has 0 spiro atoms. The lowest BCUT2D eigenvalue weighted by Crippen LogP contribution is -2.33. The highest BCUT2D eigenvalue weighted by atomic mass is 16.2. The van der Waals surface area contributed by atoms with E-state index in [1.807, 2.05) is 12.1 Å². The van der Waals surface area contributed by atoms with Crippen LogP contribution in [0.4, 0.5) is 5.82 Å². The highest BCUT2D eigenvalue weighted by Crippen LogP contribution is 2.20. The van der Waals surface area contributed by atoms with Crippen molar-refractivity contribution in [2.24, 2.45) is 12.1 Å². The minimum atomic E-state index is -0.347. The van der Waals surface area contributed by atoms with Crippen LogP contribution in [0.25, 0.3) is 11.3 Å². The number of anilines is 1. The zero-order valence-electron chi connectivity index (χ0n) is 11.9. The van der Waals surface area contributed by atoms with E-state index in [4.69, 9.17) is 0 Å². The zero-order valence-corrected chi connectivity index (χ0v) is 11.9. The molecule has 0 unspecified atom stereocenters. The molecule has 22 heavy (non-hydrogen) atoms. The molecule has 0 atom stereocenters. The summed E-state index contributed by atoms with van der Waals surface area (Å²) in [5.74, 6) is 0.0140. The van der Waals surface area contributed by atoms with E-state index in [0.717, 1.165) is 5.56 Å². The van der Waals surface area contributed by atoms with Gasteiger partial charge in [0.05, 0.1) is 5.69 Å². The summed E-state index contributed by atoms with van der Waals surface area (Å²) in [6.07, 6.45) is 3.98. The van der Waals surface area contributed by atoms with Gasteiger partial charge in [0.1, 0.15) is 11.5 Å². The lowest BCUT2D eigenvalue weighted by Gasteiger charge is -2.11. The third-order valence-corrected chi connectivity index (χ3v) is 3.25. The van der Waals surface area contributed by atoms with E-state index in [-0.39, 0.29) is 18.2 Å². The van der Waals surface area contributed by atoms with Gasteiger partial charge in [0.15, 0.2) is 0 Å². The second-order valence-electron chi connectivity index (χ2n) is 4.83. The van der Waals surface area contributed by atoms with E-state index < -0.39 is 0 Å². The molecule has 0 fully saturated rings. The average Bonchev–Trinajstić information content (AvgIpc) is 2.90. The number of hydrazone groups is 1. The number of nitrogens with one attached hydrogen (secondary N) is 2.